The summed E-state index contributed by atoms with van der Waals surface area (Å²) < 4.78 is 4.89. The van der Waals surface area contributed by atoms with Crippen LogP contribution in [0, 0.1) is 10.1 Å². The van der Waals surface area contributed by atoms with Gasteiger partial charge in [0.2, 0.25) is 0 Å². The van der Waals surface area contributed by atoms with Crippen LogP contribution in [-0.4, -0.2) is 41.9 Å². The number of furan rings is 1. The standard InChI is InChI=1S/C10H13N3O4.ClH/c14-10(12-6-1-4-11-5-7-12)8-2-3-9(17-8)13(15)16;/h2-3,11H,1,4-7H2;1H. The Hall–Kier alpha value is -1.60. The number of hydrogen-bond donors (Lipinski definition) is 1. The van der Waals surface area contributed by atoms with Crippen molar-refractivity contribution >= 4 is 24.2 Å². The number of halogens is 1. The fourth-order valence-corrected chi connectivity index (χ4v) is 1.75. The van der Waals surface area contributed by atoms with Crippen molar-refractivity contribution < 1.29 is 14.1 Å². The molecule has 0 unspecified atom stereocenters. The number of hydrogen-bond acceptors (Lipinski definition) is 5. The van der Waals surface area contributed by atoms with Gasteiger partial charge in [0.05, 0.1) is 6.07 Å². The van der Waals surface area contributed by atoms with E-state index in [1.165, 1.54) is 12.1 Å². The monoisotopic (exact) mass is 275 g/mol. The summed E-state index contributed by atoms with van der Waals surface area (Å²) >= 11 is 0. The van der Waals surface area contributed by atoms with Gasteiger partial charge in [0.15, 0.2) is 5.76 Å². The van der Waals surface area contributed by atoms with Crippen molar-refractivity contribution in [3.05, 3.63) is 28.0 Å². The van der Waals surface area contributed by atoms with Crippen molar-refractivity contribution in [3.8, 4) is 0 Å². The third-order valence-electron chi connectivity index (χ3n) is 2.61. The average Bonchev–Trinajstić information content (AvgIpc) is 2.65. The van der Waals surface area contributed by atoms with Gasteiger partial charge in [0.1, 0.15) is 4.92 Å². The SMILES string of the molecule is Cl.O=C(c1ccc([N+](=O)[O-])o1)N1CCCNCC1. The molecular formula is C10H14ClN3O4. The minimum atomic E-state index is -0.652. The van der Waals surface area contributed by atoms with Gasteiger partial charge in [0.25, 0.3) is 5.91 Å². The molecular weight excluding hydrogens is 262 g/mol. The first-order chi connectivity index (χ1) is 8.18. The van der Waals surface area contributed by atoms with E-state index in [0.717, 1.165) is 19.5 Å². The van der Waals surface area contributed by atoms with E-state index in [1.54, 1.807) is 4.90 Å². The molecule has 100 valence electrons. The molecule has 0 saturated carbocycles. The molecule has 0 atom stereocenters. The Balaban J connectivity index is 0.00000162. The highest BCUT2D eigenvalue weighted by molar-refractivity contribution is 5.91. The molecule has 1 N–H and O–H groups in total. The molecule has 0 radical (unpaired) electrons. The lowest BCUT2D eigenvalue weighted by molar-refractivity contribution is -0.402. The summed E-state index contributed by atoms with van der Waals surface area (Å²) in [5, 5.41) is 13.6. The van der Waals surface area contributed by atoms with Crippen LogP contribution >= 0.6 is 12.4 Å². The number of carbonyl (C=O) groups excluding carboxylic acids is 1. The number of nitrogens with one attached hydrogen (secondary N) is 1. The second-order valence-electron chi connectivity index (χ2n) is 3.79. The molecule has 1 aliphatic rings. The fraction of sp³-hybridized carbons (Fsp3) is 0.500. The number of rotatable bonds is 2. The first-order valence-corrected chi connectivity index (χ1v) is 5.42. The second-order valence-corrected chi connectivity index (χ2v) is 3.79. The zero-order valence-electron chi connectivity index (χ0n) is 9.63. The molecule has 0 spiro atoms. The van der Waals surface area contributed by atoms with Crippen LogP contribution in [0.5, 0.6) is 0 Å². The van der Waals surface area contributed by atoms with Crippen molar-refractivity contribution in [2.24, 2.45) is 0 Å². The molecule has 1 fully saturated rings. The highest BCUT2D eigenvalue weighted by atomic mass is 35.5. The average molecular weight is 276 g/mol. The Morgan fingerprint density at radius 3 is 2.83 bits per heavy atom. The highest BCUT2D eigenvalue weighted by Crippen LogP contribution is 2.17. The fourth-order valence-electron chi connectivity index (χ4n) is 1.75. The lowest BCUT2D eigenvalue weighted by Gasteiger charge is -2.17. The maximum atomic E-state index is 12.0. The van der Waals surface area contributed by atoms with E-state index in [-0.39, 0.29) is 24.1 Å². The number of nitrogens with zero attached hydrogens (tertiary/aromatic N) is 2. The minimum absolute atomic E-state index is 0. The van der Waals surface area contributed by atoms with Gasteiger partial charge >= 0.3 is 5.88 Å². The van der Waals surface area contributed by atoms with Crippen LogP contribution in [0.25, 0.3) is 0 Å². The summed E-state index contributed by atoms with van der Waals surface area (Å²) in [6.45, 7) is 2.84. The van der Waals surface area contributed by atoms with Crippen LogP contribution in [0.1, 0.15) is 17.0 Å². The topological polar surface area (TPSA) is 88.6 Å². The first-order valence-electron chi connectivity index (χ1n) is 5.42. The van der Waals surface area contributed by atoms with E-state index in [9.17, 15) is 14.9 Å². The summed E-state index contributed by atoms with van der Waals surface area (Å²) in [7, 11) is 0. The highest BCUT2D eigenvalue weighted by Gasteiger charge is 2.22. The van der Waals surface area contributed by atoms with E-state index in [0.29, 0.717) is 13.1 Å². The maximum Gasteiger partial charge on any atom is 0.433 e. The quantitative estimate of drug-likeness (QED) is 0.644. The van der Waals surface area contributed by atoms with Crippen molar-refractivity contribution in [2.45, 2.75) is 6.42 Å². The van der Waals surface area contributed by atoms with Gasteiger partial charge < -0.3 is 14.6 Å². The van der Waals surface area contributed by atoms with Crippen LogP contribution in [0.4, 0.5) is 5.88 Å². The van der Waals surface area contributed by atoms with E-state index >= 15 is 0 Å². The summed E-state index contributed by atoms with van der Waals surface area (Å²) in [6, 6.07) is 2.54. The van der Waals surface area contributed by atoms with Gasteiger partial charge in [-0.1, -0.05) is 0 Å². The lowest BCUT2D eigenvalue weighted by Crippen LogP contribution is -2.33. The number of amides is 1. The molecule has 18 heavy (non-hydrogen) atoms. The molecule has 1 aliphatic heterocycles. The van der Waals surface area contributed by atoms with Crippen molar-refractivity contribution in [1.82, 2.24) is 10.2 Å². The summed E-state index contributed by atoms with van der Waals surface area (Å²) in [6.07, 6.45) is 0.870. The van der Waals surface area contributed by atoms with Gasteiger partial charge in [-0.3, -0.25) is 14.9 Å². The Labute approximate surface area is 110 Å². The lowest BCUT2D eigenvalue weighted by atomic mass is 10.3. The van der Waals surface area contributed by atoms with Crippen LogP contribution in [0.2, 0.25) is 0 Å². The number of nitro groups is 1. The molecule has 1 saturated heterocycles. The molecule has 1 amide bonds. The molecule has 0 aromatic carbocycles. The normalized spacial score (nSPS) is 15.7. The molecule has 8 heteroatoms. The number of carbonyl (C=O) groups is 1. The van der Waals surface area contributed by atoms with Crippen molar-refractivity contribution in [3.63, 3.8) is 0 Å². The van der Waals surface area contributed by atoms with E-state index in [4.69, 9.17) is 4.42 Å². The van der Waals surface area contributed by atoms with Crippen molar-refractivity contribution in [1.29, 1.82) is 0 Å². The molecule has 1 aromatic heterocycles. The van der Waals surface area contributed by atoms with Gasteiger partial charge in [-0.2, -0.15) is 0 Å². The Bertz CT molecular complexity index is 427. The van der Waals surface area contributed by atoms with E-state index in [2.05, 4.69) is 5.32 Å². The Kier molecular flexibility index (Phi) is 5.11. The maximum absolute atomic E-state index is 12.0. The summed E-state index contributed by atoms with van der Waals surface area (Å²) in [5.41, 5.74) is 0. The largest absolute Gasteiger partial charge is 0.433 e. The summed E-state index contributed by atoms with van der Waals surface area (Å²) in [5.74, 6) is -0.665. The van der Waals surface area contributed by atoms with Crippen LogP contribution in [0.3, 0.4) is 0 Å². The zero-order chi connectivity index (χ0) is 12.3. The molecule has 7 nitrogen and oxygen atoms in total. The predicted octanol–water partition coefficient (Wildman–Crippen LogP) is 1.05. The Morgan fingerprint density at radius 1 is 1.39 bits per heavy atom. The molecule has 2 rings (SSSR count). The van der Waals surface area contributed by atoms with Gasteiger partial charge in [0, 0.05) is 19.6 Å². The van der Waals surface area contributed by atoms with E-state index < -0.39 is 10.8 Å². The van der Waals surface area contributed by atoms with Gasteiger partial charge in [-0.25, -0.2) is 0 Å². The first kappa shape index (κ1) is 14.5. The van der Waals surface area contributed by atoms with Crippen LogP contribution in [0.15, 0.2) is 16.5 Å². The zero-order valence-corrected chi connectivity index (χ0v) is 10.4. The van der Waals surface area contributed by atoms with Crippen LogP contribution in [-0.2, 0) is 0 Å². The molecule has 0 bridgehead atoms. The minimum Gasteiger partial charge on any atom is -0.395 e. The van der Waals surface area contributed by atoms with E-state index in [1.807, 2.05) is 0 Å². The molecule has 0 aliphatic carbocycles. The predicted molar refractivity (Wildman–Crippen MR) is 66.0 cm³/mol. The third-order valence-corrected chi connectivity index (χ3v) is 2.61. The molecule has 2 heterocycles. The van der Waals surface area contributed by atoms with Crippen molar-refractivity contribution in [2.75, 3.05) is 26.2 Å². The van der Waals surface area contributed by atoms with Gasteiger partial charge in [-0.15, -0.1) is 12.4 Å². The smallest absolute Gasteiger partial charge is 0.395 e. The second kappa shape index (κ2) is 6.36. The van der Waals surface area contributed by atoms with Gasteiger partial charge in [-0.05, 0) is 19.0 Å². The van der Waals surface area contributed by atoms with Crippen LogP contribution < -0.4 is 5.32 Å². The summed E-state index contributed by atoms with van der Waals surface area (Å²) in [4.78, 5) is 23.4. The Morgan fingerprint density at radius 2 is 2.17 bits per heavy atom. The molecule has 1 aromatic rings. The third kappa shape index (κ3) is 3.21.